The first-order valence-electron chi connectivity index (χ1n) is 4.96. The van der Waals surface area contributed by atoms with Crippen molar-refractivity contribution in [3.8, 4) is 5.75 Å². The van der Waals surface area contributed by atoms with Crippen LogP contribution in [0.25, 0.3) is 0 Å². The zero-order chi connectivity index (χ0) is 12.0. The van der Waals surface area contributed by atoms with E-state index in [1.807, 2.05) is 0 Å². The minimum atomic E-state index is -0.110. The van der Waals surface area contributed by atoms with Crippen LogP contribution >= 0.6 is 0 Å². The number of nitrogens with two attached hydrogens (primary N) is 1. The maximum absolute atomic E-state index is 11.4. The molecule has 88 valence electrons. The molecule has 0 bridgehead atoms. The van der Waals surface area contributed by atoms with Crippen molar-refractivity contribution in [3.63, 3.8) is 0 Å². The lowest BCUT2D eigenvalue weighted by molar-refractivity contribution is -0.120. The number of aromatic hydroxyl groups is 1. The smallest absolute Gasteiger partial charge is 0.224 e. The molecule has 0 spiro atoms. The molecule has 0 aliphatic carbocycles. The number of phenolic OH excluding ortho intramolecular Hbond substituents is 1. The first-order valence-corrected chi connectivity index (χ1v) is 4.96. The number of amides is 1. The highest BCUT2D eigenvalue weighted by Crippen LogP contribution is 2.20. The molecule has 0 unspecified atom stereocenters. The first-order chi connectivity index (χ1) is 7.63. The number of hydrogen-bond acceptors (Lipinski definition) is 4. The first kappa shape index (κ1) is 12.3. The summed E-state index contributed by atoms with van der Waals surface area (Å²) in [7, 11) is 1.57. The Morgan fingerprint density at radius 2 is 2.31 bits per heavy atom. The average molecular weight is 224 g/mol. The van der Waals surface area contributed by atoms with Crippen molar-refractivity contribution in [1.82, 2.24) is 5.32 Å². The third kappa shape index (κ3) is 3.78. The Balaban J connectivity index is 2.46. The molecule has 0 heterocycles. The highest BCUT2D eigenvalue weighted by molar-refractivity contribution is 5.78. The fraction of sp³-hybridized carbons (Fsp3) is 0.364. The second kappa shape index (κ2) is 5.97. The van der Waals surface area contributed by atoms with Gasteiger partial charge >= 0.3 is 0 Å². The maximum atomic E-state index is 11.4. The number of nitrogens with one attached hydrogen (secondary N) is 1. The van der Waals surface area contributed by atoms with Gasteiger partial charge in [-0.05, 0) is 17.7 Å². The molecular formula is C11H16N2O3. The molecular weight excluding hydrogens is 208 g/mol. The Labute approximate surface area is 94.2 Å². The molecule has 0 atom stereocenters. The second-order valence-corrected chi connectivity index (χ2v) is 3.41. The standard InChI is InChI=1S/C11H16N2O3/c1-16-5-4-13-11(15)7-8-2-3-9(12)10(14)6-8/h2-3,6,14H,4-5,7,12H2,1H3,(H,13,15). The van der Waals surface area contributed by atoms with E-state index in [4.69, 9.17) is 10.5 Å². The van der Waals surface area contributed by atoms with Gasteiger partial charge in [0.05, 0.1) is 18.7 Å². The van der Waals surface area contributed by atoms with Crippen molar-refractivity contribution in [1.29, 1.82) is 0 Å². The van der Waals surface area contributed by atoms with E-state index in [-0.39, 0.29) is 18.1 Å². The molecule has 0 saturated heterocycles. The van der Waals surface area contributed by atoms with Crippen LogP contribution in [0, 0.1) is 0 Å². The van der Waals surface area contributed by atoms with E-state index in [9.17, 15) is 9.90 Å². The second-order valence-electron chi connectivity index (χ2n) is 3.41. The summed E-state index contributed by atoms with van der Waals surface area (Å²) in [6.07, 6.45) is 0.220. The van der Waals surface area contributed by atoms with Gasteiger partial charge in [-0.2, -0.15) is 0 Å². The topological polar surface area (TPSA) is 84.6 Å². The molecule has 4 N–H and O–H groups in total. The number of anilines is 1. The summed E-state index contributed by atoms with van der Waals surface area (Å²) in [6.45, 7) is 0.967. The molecule has 0 aromatic heterocycles. The van der Waals surface area contributed by atoms with Crippen LogP contribution in [-0.4, -0.2) is 31.3 Å². The van der Waals surface area contributed by atoms with Gasteiger partial charge in [0, 0.05) is 13.7 Å². The lowest BCUT2D eigenvalue weighted by atomic mass is 10.1. The van der Waals surface area contributed by atoms with E-state index in [2.05, 4.69) is 5.32 Å². The van der Waals surface area contributed by atoms with Crippen molar-refractivity contribution in [2.24, 2.45) is 0 Å². The summed E-state index contributed by atoms with van der Waals surface area (Å²) in [6, 6.07) is 4.78. The molecule has 0 aliphatic rings. The SMILES string of the molecule is COCCNC(=O)Cc1ccc(N)c(O)c1. The van der Waals surface area contributed by atoms with Crippen molar-refractivity contribution in [3.05, 3.63) is 23.8 Å². The summed E-state index contributed by atoms with van der Waals surface area (Å²) in [5.41, 5.74) is 6.48. The predicted molar refractivity (Wildman–Crippen MR) is 61.1 cm³/mol. The molecule has 1 amide bonds. The predicted octanol–water partition coefficient (Wildman–Crippen LogP) is 0.279. The normalized spacial score (nSPS) is 10.1. The number of hydrogen-bond donors (Lipinski definition) is 3. The molecule has 0 saturated carbocycles. The molecule has 16 heavy (non-hydrogen) atoms. The Bertz CT molecular complexity index is 366. The fourth-order valence-electron chi connectivity index (χ4n) is 1.24. The largest absolute Gasteiger partial charge is 0.506 e. The Morgan fingerprint density at radius 1 is 1.56 bits per heavy atom. The highest BCUT2D eigenvalue weighted by Gasteiger charge is 2.04. The van der Waals surface area contributed by atoms with E-state index in [0.717, 1.165) is 5.56 Å². The van der Waals surface area contributed by atoms with E-state index in [0.29, 0.717) is 18.8 Å². The molecule has 0 fully saturated rings. The number of methoxy groups -OCH3 is 1. The maximum Gasteiger partial charge on any atom is 0.224 e. The molecule has 0 radical (unpaired) electrons. The lowest BCUT2D eigenvalue weighted by Gasteiger charge is -2.05. The molecule has 1 aromatic rings. The quantitative estimate of drug-likeness (QED) is 0.381. The van der Waals surface area contributed by atoms with Crippen LogP contribution in [0.5, 0.6) is 5.75 Å². The van der Waals surface area contributed by atoms with Gasteiger partial charge in [0.25, 0.3) is 0 Å². The van der Waals surface area contributed by atoms with Gasteiger partial charge in [-0.1, -0.05) is 6.07 Å². The fourth-order valence-corrected chi connectivity index (χ4v) is 1.24. The van der Waals surface area contributed by atoms with E-state index in [1.54, 1.807) is 19.2 Å². The molecule has 1 rings (SSSR count). The summed E-state index contributed by atoms with van der Waals surface area (Å²) in [5.74, 6) is -0.108. The van der Waals surface area contributed by atoms with Crippen molar-refractivity contribution in [2.45, 2.75) is 6.42 Å². The minimum absolute atomic E-state index is 0.00203. The molecule has 5 nitrogen and oxygen atoms in total. The zero-order valence-corrected chi connectivity index (χ0v) is 9.19. The highest BCUT2D eigenvalue weighted by atomic mass is 16.5. The molecule has 1 aromatic carbocycles. The van der Waals surface area contributed by atoms with Crippen LogP contribution in [0.3, 0.4) is 0 Å². The summed E-state index contributed by atoms with van der Waals surface area (Å²) in [5, 5.41) is 12.0. The number of nitrogen functional groups attached to an aromatic ring is 1. The number of benzene rings is 1. The van der Waals surface area contributed by atoms with E-state index >= 15 is 0 Å². The summed E-state index contributed by atoms with van der Waals surface area (Å²) < 4.78 is 4.81. The third-order valence-corrected chi connectivity index (χ3v) is 2.09. The number of ether oxygens (including phenoxy) is 1. The minimum Gasteiger partial charge on any atom is -0.506 e. The van der Waals surface area contributed by atoms with Crippen molar-refractivity contribution < 1.29 is 14.6 Å². The van der Waals surface area contributed by atoms with Gasteiger partial charge in [-0.3, -0.25) is 4.79 Å². The van der Waals surface area contributed by atoms with Crippen LogP contribution in [0.15, 0.2) is 18.2 Å². The van der Waals surface area contributed by atoms with Gasteiger partial charge in [0.15, 0.2) is 0 Å². The van der Waals surface area contributed by atoms with Crippen LogP contribution in [0.4, 0.5) is 5.69 Å². The lowest BCUT2D eigenvalue weighted by Crippen LogP contribution is -2.28. The Hall–Kier alpha value is -1.75. The molecule has 0 aliphatic heterocycles. The van der Waals surface area contributed by atoms with Crippen LogP contribution in [0.1, 0.15) is 5.56 Å². The van der Waals surface area contributed by atoms with Gasteiger partial charge < -0.3 is 20.9 Å². The van der Waals surface area contributed by atoms with Crippen LogP contribution in [0.2, 0.25) is 0 Å². The zero-order valence-electron chi connectivity index (χ0n) is 9.19. The summed E-state index contributed by atoms with van der Waals surface area (Å²) in [4.78, 5) is 11.4. The van der Waals surface area contributed by atoms with E-state index < -0.39 is 0 Å². The number of carbonyl (C=O) groups excluding carboxylic acids is 1. The Morgan fingerprint density at radius 3 is 2.94 bits per heavy atom. The third-order valence-electron chi connectivity index (χ3n) is 2.09. The average Bonchev–Trinajstić information content (AvgIpc) is 2.24. The van der Waals surface area contributed by atoms with E-state index in [1.165, 1.54) is 6.07 Å². The van der Waals surface area contributed by atoms with Gasteiger partial charge in [-0.25, -0.2) is 0 Å². The Kier molecular flexibility index (Phi) is 4.60. The van der Waals surface area contributed by atoms with Crippen molar-refractivity contribution in [2.75, 3.05) is 26.0 Å². The van der Waals surface area contributed by atoms with Gasteiger partial charge in [0.2, 0.25) is 5.91 Å². The van der Waals surface area contributed by atoms with Crippen molar-refractivity contribution >= 4 is 11.6 Å². The number of phenols is 1. The van der Waals surface area contributed by atoms with Gasteiger partial charge in [-0.15, -0.1) is 0 Å². The van der Waals surface area contributed by atoms with Crippen LogP contribution < -0.4 is 11.1 Å². The molecule has 5 heteroatoms. The van der Waals surface area contributed by atoms with Crippen LogP contribution in [-0.2, 0) is 16.0 Å². The monoisotopic (exact) mass is 224 g/mol. The number of rotatable bonds is 5. The number of carbonyl (C=O) groups is 1. The summed E-state index contributed by atoms with van der Waals surface area (Å²) >= 11 is 0. The van der Waals surface area contributed by atoms with Gasteiger partial charge in [0.1, 0.15) is 5.75 Å².